The fourth-order valence-corrected chi connectivity index (χ4v) is 2.68. The average molecular weight is 251 g/mol. The van der Waals surface area contributed by atoms with Gasteiger partial charge in [0.1, 0.15) is 5.82 Å². The third-order valence-corrected chi connectivity index (χ3v) is 3.48. The fourth-order valence-electron chi connectivity index (χ4n) is 2.68. The van der Waals surface area contributed by atoms with Crippen LogP contribution in [-0.4, -0.2) is 29.8 Å². The van der Waals surface area contributed by atoms with Gasteiger partial charge < -0.3 is 14.6 Å². The molecule has 102 valence electrons. The number of ether oxygens (including phenoxy) is 1. The molecule has 1 aliphatic heterocycles. The molecule has 2 rings (SSSR count). The van der Waals surface area contributed by atoms with Crippen LogP contribution in [-0.2, 0) is 24.2 Å². The minimum atomic E-state index is 0.477. The van der Waals surface area contributed by atoms with E-state index in [4.69, 9.17) is 9.72 Å². The number of fused-ring (bicyclic) bond motifs is 1. The predicted octanol–water partition coefficient (Wildman–Crippen LogP) is 1.93. The fraction of sp³-hybridized carbons (Fsp3) is 0.786. The van der Waals surface area contributed by atoms with Crippen LogP contribution in [0, 0.1) is 5.92 Å². The van der Waals surface area contributed by atoms with Crippen LogP contribution in [0.5, 0.6) is 0 Å². The van der Waals surface area contributed by atoms with E-state index in [0.717, 1.165) is 32.7 Å². The van der Waals surface area contributed by atoms with Gasteiger partial charge in [-0.3, -0.25) is 0 Å². The van der Waals surface area contributed by atoms with E-state index in [1.807, 2.05) is 0 Å². The van der Waals surface area contributed by atoms with Gasteiger partial charge in [-0.25, -0.2) is 4.98 Å². The minimum Gasteiger partial charge on any atom is -0.384 e. The first-order valence-electron chi connectivity index (χ1n) is 6.91. The second-order valence-corrected chi connectivity index (χ2v) is 5.62. The van der Waals surface area contributed by atoms with Crippen molar-refractivity contribution >= 4 is 0 Å². The van der Waals surface area contributed by atoms with Gasteiger partial charge in [0.2, 0.25) is 0 Å². The Morgan fingerprint density at radius 1 is 1.39 bits per heavy atom. The molecule has 0 saturated heterocycles. The van der Waals surface area contributed by atoms with Gasteiger partial charge in [0, 0.05) is 44.8 Å². The first-order valence-corrected chi connectivity index (χ1v) is 6.91. The van der Waals surface area contributed by atoms with Crippen molar-refractivity contribution < 1.29 is 4.74 Å². The topological polar surface area (TPSA) is 39.1 Å². The first-order chi connectivity index (χ1) is 8.63. The van der Waals surface area contributed by atoms with Crippen molar-refractivity contribution in [1.82, 2.24) is 14.9 Å². The van der Waals surface area contributed by atoms with Gasteiger partial charge >= 0.3 is 0 Å². The Balaban J connectivity index is 2.27. The Morgan fingerprint density at radius 3 is 2.83 bits per heavy atom. The summed E-state index contributed by atoms with van der Waals surface area (Å²) in [5.41, 5.74) is 2.68. The Kier molecular flexibility index (Phi) is 4.40. The van der Waals surface area contributed by atoms with Crippen LogP contribution >= 0.6 is 0 Å². The zero-order valence-corrected chi connectivity index (χ0v) is 12.0. The van der Waals surface area contributed by atoms with Crippen LogP contribution in [0.2, 0.25) is 0 Å². The number of imidazole rings is 1. The molecular weight excluding hydrogens is 226 g/mol. The first kappa shape index (κ1) is 13.6. The molecule has 4 nitrogen and oxygen atoms in total. The lowest BCUT2D eigenvalue weighted by Crippen LogP contribution is -2.26. The molecule has 0 spiro atoms. The maximum Gasteiger partial charge on any atom is 0.111 e. The number of methoxy groups -OCH3 is 1. The van der Waals surface area contributed by atoms with E-state index >= 15 is 0 Å². The van der Waals surface area contributed by atoms with Crippen LogP contribution in [0.15, 0.2) is 0 Å². The smallest absolute Gasteiger partial charge is 0.111 e. The SMILES string of the molecule is COCC(C)Cn1c(C(C)C)nc2c1CCNC2. The molecule has 1 aromatic rings. The third kappa shape index (κ3) is 2.75. The quantitative estimate of drug-likeness (QED) is 0.869. The average Bonchev–Trinajstić information content (AvgIpc) is 2.69. The van der Waals surface area contributed by atoms with Gasteiger partial charge in [0.15, 0.2) is 0 Å². The molecule has 0 radical (unpaired) electrons. The molecule has 2 heterocycles. The summed E-state index contributed by atoms with van der Waals surface area (Å²) in [6, 6.07) is 0. The molecule has 1 aliphatic rings. The summed E-state index contributed by atoms with van der Waals surface area (Å²) in [5, 5.41) is 3.40. The summed E-state index contributed by atoms with van der Waals surface area (Å²) < 4.78 is 7.69. The van der Waals surface area contributed by atoms with Gasteiger partial charge in [0.05, 0.1) is 12.3 Å². The minimum absolute atomic E-state index is 0.477. The molecule has 0 aliphatic carbocycles. The van der Waals surface area contributed by atoms with E-state index in [0.29, 0.717) is 11.8 Å². The monoisotopic (exact) mass is 251 g/mol. The van der Waals surface area contributed by atoms with Gasteiger partial charge in [-0.05, 0) is 5.92 Å². The Labute approximate surface area is 110 Å². The zero-order valence-electron chi connectivity index (χ0n) is 12.0. The number of hydrogen-bond acceptors (Lipinski definition) is 3. The number of rotatable bonds is 5. The van der Waals surface area contributed by atoms with E-state index in [-0.39, 0.29) is 0 Å². The van der Waals surface area contributed by atoms with Crippen molar-refractivity contribution in [2.24, 2.45) is 5.92 Å². The molecule has 1 aromatic heterocycles. The van der Waals surface area contributed by atoms with Crippen LogP contribution < -0.4 is 5.32 Å². The van der Waals surface area contributed by atoms with Crippen LogP contribution in [0.3, 0.4) is 0 Å². The Hall–Kier alpha value is -0.870. The molecule has 0 aromatic carbocycles. The molecule has 1 unspecified atom stereocenters. The van der Waals surface area contributed by atoms with Crippen molar-refractivity contribution in [3.8, 4) is 0 Å². The van der Waals surface area contributed by atoms with Gasteiger partial charge in [-0.2, -0.15) is 0 Å². The summed E-state index contributed by atoms with van der Waals surface area (Å²) in [7, 11) is 1.77. The van der Waals surface area contributed by atoms with Crippen molar-refractivity contribution in [1.29, 1.82) is 0 Å². The lowest BCUT2D eigenvalue weighted by atomic mass is 10.1. The van der Waals surface area contributed by atoms with E-state index in [1.165, 1.54) is 17.2 Å². The van der Waals surface area contributed by atoms with Crippen LogP contribution in [0.25, 0.3) is 0 Å². The van der Waals surface area contributed by atoms with Crippen LogP contribution in [0.4, 0.5) is 0 Å². The Morgan fingerprint density at radius 2 is 2.17 bits per heavy atom. The zero-order chi connectivity index (χ0) is 13.1. The highest BCUT2D eigenvalue weighted by Crippen LogP contribution is 2.23. The summed E-state index contributed by atoms with van der Waals surface area (Å²) >= 11 is 0. The number of nitrogens with zero attached hydrogens (tertiary/aromatic N) is 2. The van der Waals surface area contributed by atoms with Crippen molar-refractivity contribution in [3.05, 3.63) is 17.2 Å². The van der Waals surface area contributed by atoms with Crippen molar-refractivity contribution in [3.63, 3.8) is 0 Å². The molecule has 0 fully saturated rings. The molecule has 0 saturated carbocycles. The summed E-state index contributed by atoms with van der Waals surface area (Å²) in [6.45, 7) is 10.5. The molecule has 18 heavy (non-hydrogen) atoms. The molecule has 0 amide bonds. The molecule has 4 heteroatoms. The highest BCUT2D eigenvalue weighted by atomic mass is 16.5. The molecule has 1 N–H and O–H groups in total. The van der Waals surface area contributed by atoms with Crippen molar-refractivity contribution in [2.75, 3.05) is 20.3 Å². The largest absolute Gasteiger partial charge is 0.384 e. The molecule has 1 atom stereocenters. The molecule has 0 bridgehead atoms. The highest BCUT2D eigenvalue weighted by Gasteiger charge is 2.22. The lowest BCUT2D eigenvalue weighted by molar-refractivity contribution is 0.150. The van der Waals surface area contributed by atoms with Gasteiger partial charge in [0.25, 0.3) is 0 Å². The van der Waals surface area contributed by atoms with Crippen molar-refractivity contribution in [2.45, 2.75) is 46.2 Å². The third-order valence-electron chi connectivity index (χ3n) is 3.48. The Bertz CT molecular complexity index is 398. The maximum absolute atomic E-state index is 5.25. The van der Waals surface area contributed by atoms with E-state index in [1.54, 1.807) is 7.11 Å². The maximum atomic E-state index is 5.25. The second-order valence-electron chi connectivity index (χ2n) is 5.62. The van der Waals surface area contributed by atoms with Crippen LogP contribution in [0.1, 0.15) is 43.9 Å². The second kappa shape index (κ2) is 5.85. The summed E-state index contributed by atoms with van der Waals surface area (Å²) in [6.07, 6.45) is 1.09. The summed E-state index contributed by atoms with van der Waals surface area (Å²) in [5.74, 6) is 2.23. The predicted molar refractivity (Wildman–Crippen MR) is 72.8 cm³/mol. The molecular formula is C14H25N3O. The van der Waals surface area contributed by atoms with E-state index in [9.17, 15) is 0 Å². The van der Waals surface area contributed by atoms with E-state index in [2.05, 4.69) is 30.7 Å². The lowest BCUT2D eigenvalue weighted by Gasteiger charge is -2.20. The highest BCUT2D eigenvalue weighted by molar-refractivity contribution is 5.21. The van der Waals surface area contributed by atoms with Gasteiger partial charge in [-0.1, -0.05) is 20.8 Å². The van der Waals surface area contributed by atoms with E-state index < -0.39 is 0 Å². The number of hydrogen-bond donors (Lipinski definition) is 1. The standard InChI is InChI=1S/C14H25N3O/c1-10(2)14-16-12-7-15-6-5-13(12)17(14)8-11(3)9-18-4/h10-11,15H,5-9H2,1-4H3. The summed E-state index contributed by atoms with van der Waals surface area (Å²) in [4.78, 5) is 4.82. The normalized spacial score (nSPS) is 16.9. The number of aromatic nitrogens is 2. The number of nitrogens with one attached hydrogen (secondary N) is 1. The van der Waals surface area contributed by atoms with Gasteiger partial charge in [-0.15, -0.1) is 0 Å².